The Bertz CT molecular complexity index is 631. The minimum absolute atomic E-state index is 0.361. The number of benzene rings is 2. The van der Waals surface area contributed by atoms with E-state index in [9.17, 15) is 4.39 Å². The van der Waals surface area contributed by atoms with E-state index in [1.54, 1.807) is 6.07 Å². The Morgan fingerprint density at radius 2 is 1.79 bits per heavy atom. The van der Waals surface area contributed by atoms with E-state index < -0.39 is 6.04 Å². The molecular weight excluding hydrogens is 396 g/mol. The second kappa shape index (κ2) is 5.92. The second-order valence-corrected chi connectivity index (χ2v) is 6.41. The van der Waals surface area contributed by atoms with Gasteiger partial charge in [-0.25, -0.2) is 4.39 Å². The molecule has 5 heteroatoms. The van der Waals surface area contributed by atoms with Gasteiger partial charge in [0, 0.05) is 19.5 Å². The molecule has 0 saturated carbocycles. The molecule has 0 bridgehead atoms. The fourth-order valence-electron chi connectivity index (χ4n) is 1.82. The van der Waals surface area contributed by atoms with Gasteiger partial charge in [-0.3, -0.25) is 0 Å². The van der Waals surface area contributed by atoms with Gasteiger partial charge < -0.3 is 5.73 Å². The molecule has 0 aliphatic carbocycles. The van der Waals surface area contributed by atoms with E-state index in [-0.39, 0.29) is 5.82 Å². The molecule has 1 unspecified atom stereocenters. The average Bonchev–Trinajstić information content (AvgIpc) is 2.36. The first-order valence-electron chi connectivity index (χ1n) is 5.56. The lowest BCUT2D eigenvalue weighted by atomic mass is 9.98. The maximum absolute atomic E-state index is 13.9. The summed E-state index contributed by atoms with van der Waals surface area (Å²) in [6.07, 6.45) is 0. The predicted molar refractivity (Wildman–Crippen MR) is 84.0 cm³/mol. The van der Waals surface area contributed by atoms with Crippen molar-refractivity contribution in [3.05, 3.63) is 66.8 Å². The average molecular weight is 408 g/mol. The monoisotopic (exact) mass is 405 g/mol. The molecule has 2 aromatic carbocycles. The summed E-state index contributed by atoms with van der Waals surface area (Å²) in [7, 11) is 0. The van der Waals surface area contributed by atoms with E-state index in [2.05, 4.69) is 31.9 Å². The van der Waals surface area contributed by atoms with Crippen LogP contribution in [0.4, 0.5) is 4.39 Å². The SMILES string of the molecule is Cc1cc(Br)c(C(N)c2cc(Cl)ccc2F)cc1Br. The molecule has 19 heavy (non-hydrogen) atoms. The molecule has 0 saturated heterocycles. The van der Waals surface area contributed by atoms with Crippen LogP contribution < -0.4 is 5.73 Å². The molecule has 2 rings (SSSR count). The molecule has 0 fully saturated rings. The van der Waals surface area contributed by atoms with Gasteiger partial charge in [0.05, 0.1) is 6.04 Å². The first-order valence-corrected chi connectivity index (χ1v) is 7.52. The van der Waals surface area contributed by atoms with Crippen molar-refractivity contribution in [1.29, 1.82) is 0 Å². The zero-order valence-electron chi connectivity index (χ0n) is 10.1. The summed E-state index contributed by atoms with van der Waals surface area (Å²) in [5.74, 6) is -0.361. The largest absolute Gasteiger partial charge is 0.320 e. The molecule has 0 amide bonds. The maximum Gasteiger partial charge on any atom is 0.128 e. The van der Waals surface area contributed by atoms with E-state index >= 15 is 0 Å². The van der Waals surface area contributed by atoms with E-state index in [0.29, 0.717) is 10.6 Å². The molecule has 0 aliphatic rings. The number of hydrogen-bond donors (Lipinski definition) is 1. The predicted octanol–water partition coefficient (Wildman–Crippen LogP) is 5.36. The summed E-state index contributed by atoms with van der Waals surface area (Å²) in [6.45, 7) is 1.98. The fraction of sp³-hybridized carbons (Fsp3) is 0.143. The van der Waals surface area contributed by atoms with E-state index in [1.165, 1.54) is 12.1 Å². The summed E-state index contributed by atoms with van der Waals surface area (Å²) < 4.78 is 15.6. The molecule has 2 aromatic rings. The third-order valence-corrected chi connectivity index (χ3v) is 4.68. The fourth-order valence-corrected chi connectivity index (χ4v) is 3.07. The molecule has 100 valence electrons. The van der Waals surface area contributed by atoms with Gasteiger partial charge in [0.25, 0.3) is 0 Å². The lowest BCUT2D eigenvalue weighted by Crippen LogP contribution is -2.14. The lowest BCUT2D eigenvalue weighted by Gasteiger charge is -2.17. The van der Waals surface area contributed by atoms with Gasteiger partial charge in [-0.1, -0.05) is 43.5 Å². The van der Waals surface area contributed by atoms with Crippen LogP contribution in [0.2, 0.25) is 5.02 Å². The van der Waals surface area contributed by atoms with Crippen LogP contribution in [0.5, 0.6) is 0 Å². The molecule has 1 atom stereocenters. The summed E-state index contributed by atoms with van der Waals surface area (Å²) in [5, 5.41) is 0.467. The van der Waals surface area contributed by atoms with Crippen molar-refractivity contribution in [1.82, 2.24) is 0 Å². The van der Waals surface area contributed by atoms with E-state index in [4.69, 9.17) is 17.3 Å². The first kappa shape index (κ1) is 15.0. The highest BCUT2D eigenvalue weighted by molar-refractivity contribution is 9.11. The van der Waals surface area contributed by atoms with E-state index in [1.807, 2.05) is 19.1 Å². The maximum atomic E-state index is 13.9. The standard InChI is InChI=1S/C14H11Br2ClFN/c1-7-4-12(16)9(6-11(7)15)14(19)10-5-8(17)2-3-13(10)18/h2-6,14H,19H2,1H3. The molecule has 0 spiro atoms. The van der Waals surface area contributed by atoms with Crippen LogP contribution in [0.25, 0.3) is 0 Å². The van der Waals surface area contributed by atoms with Gasteiger partial charge in [-0.15, -0.1) is 0 Å². The molecule has 0 aliphatic heterocycles. The summed E-state index contributed by atoms with van der Waals surface area (Å²) in [4.78, 5) is 0. The topological polar surface area (TPSA) is 26.0 Å². The summed E-state index contributed by atoms with van der Waals surface area (Å²) >= 11 is 12.8. The second-order valence-electron chi connectivity index (χ2n) is 4.27. The number of nitrogens with two attached hydrogens (primary N) is 1. The van der Waals surface area contributed by atoms with Gasteiger partial charge >= 0.3 is 0 Å². The van der Waals surface area contributed by atoms with E-state index in [0.717, 1.165) is 20.1 Å². The van der Waals surface area contributed by atoms with Crippen LogP contribution >= 0.6 is 43.5 Å². The Labute approximate surface area is 133 Å². The lowest BCUT2D eigenvalue weighted by molar-refractivity contribution is 0.599. The number of hydrogen-bond acceptors (Lipinski definition) is 1. The van der Waals surface area contributed by atoms with Crippen LogP contribution in [-0.4, -0.2) is 0 Å². The highest BCUT2D eigenvalue weighted by Gasteiger charge is 2.17. The molecular formula is C14H11Br2ClFN. The van der Waals surface area contributed by atoms with Crippen molar-refractivity contribution in [2.45, 2.75) is 13.0 Å². The Kier molecular flexibility index (Phi) is 4.66. The first-order chi connectivity index (χ1) is 8.90. The van der Waals surface area contributed by atoms with Gasteiger partial charge in [0.1, 0.15) is 5.82 Å². The van der Waals surface area contributed by atoms with Crippen LogP contribution in [-0.2, 0) is 0 Å². The number of halogens is 4. The van der Waals surface area contributed by atoms with Crippen LogP contribution in [0.1, 0.15) is 22.7 Å². The zero-order valence-corrected chi connectivity index (χ0v) is 14.0. The van der Waals surface area contributed by atoms with Crippen molar-refractivity contribution in [2.24, 2.45) is 5.73 Å². The summed E-state index contributed by atoms with van der Waals surface area (Å²) in [5.41, 5.74) is 8.42. The Hall–Kier alpha value is -0.420. The number of rotatable bonds is 2. The molecule has 0 aromatic heterocycles. The summed E-state index contributed by atoms with van der Waals surface area (Å²) in [6, 6.07) is 7.65. The van der Waals surface area contributed by atoms with Crippen molar-refractivity contribution >= 4 is 43.5 Å². The van der Waals surface area contributed by atoms with Crippen LogP contribution in [0, 0.1) is 12.7 Å². The Balaban J connectivity index is 2.52. The molecule has 2 N–H and O–H groups in total. The molecule has 0 heterocycles. The van der Waals surface area contributed by atoms with Crippen molar-refractivity contribution < 1.29 is 4.39 Å². The van der Waals surface area contributed by atoms with Crippen LogP contribution in [0.15, 0.2) is 39.3 Å². The van der Waals surface area contributed by atoms with Gasteiger partial charge in [-0.2, -0.15) is 0 Å². The zero-order chi connectivity index (χ0) is 14.2. The Morgan fingerprint density at radius 3 is 2.47 bits per heavy atom. The quantitative estimate of drug-likeness (QED) is 0.713. The Morgan fingerprint density at radius 1 is 1.11 bits per heavy atom. The third-order valence-electron chi connectivity index (χ3n) is 2.91. The van der Waals surface area contributed by atoms with Crippen LogP contribution in [0.3, 0.4) is 0 Å². The van der Waals surface area contributed by atoms with Crippen molar-refractivity contribution in [3.63, 3.8) is 0 Å². The highest BCUT2D eigenvalue weighted by atomic mass is 79.9. The third kappa shape index (κ3) is 3.19. The minimum atomic E-state index is -0.579. The van der Waals surface area contributed by atoms with Gasteiger partial charge in [-0.05, 0) is 48.4 Å². The normalized spacial score (nSPS) is 12.5. The minimum Gasteiger partial charge on any atom is -0.320 e. The molecule has 1 nitrogen and oxygen atoms in total. The smallest absolute Gasteiger partial charge is 0.128 e. The number of aryl methyl sites for hydroxylation is 1. The molecule has 0 radical (unpaired) electrons. The van der Waals surface area contributed by atoms with Crippen molar-refractivity contribution in [2.75, 3.05) is 0 Å². The van der Waals surface area contributed by atoms with Crippen molar-refractivity contribution in [3.8, 4) is 0 Å². The van der Waals surface area contributed by atoms with Gasteiger partial charge in [0.15, 0.2) is 0 Å². The van der Waals surface area contributed by atoms with Gasteiger partial charge in [0.2, 0.25) is 0 Å². The highest BCUT2D eigenvalue weighted by Crippen LogP contribution is 2.33.